The summed E-state index contributed by atoms with van der Waals surface area (Å²) in [5.41, 5.74) is 0.539. The summed E-state index contributed by atoms with van der Waals surface area (Å²) in [4.78, 5) is 15.1. The number of halogens is 1. The van der Waals surface area contributed by atoms with Gasteiger partial charge in [-0.25, -0.2) is 0 Å². The highest BCUT2D eigenvalue weighted by molar-refractivity contribution is 14.1. The minimum atomic E-state index is -0.104. The Hall–Kier alpha value is -1.02. The zero-order chi connectivity index (χ0) is 16.8. The maximum absolute atomic E-state index is 12.6. The molecule has 1 heterocycles. The summed E-state index contributed by atoms with van der Waals surface area (Å²) in [5.74, 6) is 1.01. The Morgan fingerprint density at radius 2 is 2.22 bits per heavy atom. The number of amides is 1. The third-order valence-corrected chi connectivity index (χ3v) is 4.80. The molecular weight excluding hydrogens is 407 g/mol. The number of likely N-dealkylation sites (N-methyl/N-ethyl adjacent to an activating group) is 1. The Morgan fingerprint density at radius 1 is 1.43 bits per heavy atom. The maximum Gasteiger partial charge on any atom is 0.255 e. The molecule has 0 aromatic heterocycles. The van der Waals surface area contributed by atoms with Crippen molar-refractivity contribution in [3.8, 4) is 11.5 Å². The van der Waals surface area contributed by atoms with Crippen molar-refractivity contribution in [2.24, 2.45) is 0 Å². The van der Waals surface area contributed by atoms with E-state index in [1.54, 1.807) is 7.11 Å². The van der Waals surface area contributed by atoms with Gasteiger partial charge in [0.2, 0.25) is 0 Å². The topological polar surface area (TPSA) is 50.8 Å². The molecule has 1 aliphatic rings. The number of carbonyl (C=O) groups is 1. The van der Waals surface area contributed by atoms with Gasteiger partial charge < -0.3 is 14.8 Å². The van der Waals surface area contributed by atoms with Gasteiger partial charge in [-0.05, 0) is 67.6 Å². The largest absolute Gasteiger partial charge is 0.493 e. The van der Waals surface area contributed by atoms with Crippen LogP contribution in [0.1, 0.15) is 37.0 Å². The molecule has 0 aliphatic carbocycles. The highest BCUT2D eigenvalue weighted by Gasteiger charge is 2.24. The van der Waals surface area contributed by atoms with Crippen LogP contribution in [0.15, 0.2) is 12.1 Å². The lowest BCUT2D eigenvalue weighted by Crippen LogP contribution is -2.40. The standard InChI is InChI=1S/C17H25IN2O3/c1-4-20-8-6-7-13(20)11-19-17(21)14-9-12(18)10-15(22-3)16(14)23-5-2/h9-10,13H,4-8,11H2,1-3H3,(H,19,21). The fraction of sp³-hybridized carbons (Fsp3) is 0.588. The first-order valence-corrected chi connectivity index (χ1v) is 9.21. The molecule has 1 aromatic rings. The molecule has 1 saturated heterocycles. The van der Waals surface area contributed by atoms with Crippen molar-refractivity contribution in [1.29, 1.82) is 0 Å². The number of nitrogens with one attached hydrogen (secondary N) is 1. The van der Waals surface area contributed by atoms with Gasteiger partial charge in [0, 0.05) is 16.2 Å². The van der Waals surface area contributed by atoms with Crippen LogP contribution in [0.25, 0.3) is 0 Å². The fourth-order valence-corrected chi connectivity index (χ4v) is 3.62. The van der Waals surface area contributed by atoms with Gasteiger partial charge in [0.05, 0.1) is 19.3 Å². The van der Waals surface area contributed by atoms with Gasteiger partial charge in [-0.2, -0.15) is 0 Å². The van der Waals surface area contributed by atoms with Crippen molar-refractivity contribution >= 4 is 28.5 Å². The molecule has 1 atom stereocenters. The van der Waals surface area contributed by atoms with Crippen LogP contribution in [0.2, 0.25) is 0 Å². The van der Waals surface area contributed by atoms with Crippen LogP contribution in [0.3, 0.4) is 0 Å². The van der Waals surface area contributed by atoms with Crippen molar-refractivity contribution in [2.75, 3.05) is 33.4 Å². The monoisotopic (exact) mass is 432 g/mol. The van der Waals surface area contributed by atoms with E-state index in [4.69, 9.17) is 9.47 Å². The molecule has 0 spiro atoms. The Morgan fingerprint density at radius 3 is 2.87 bits per heavy atom. The molecule has 1 aromatic carbocycles. The maximum atomic E-state index is 12.6. The van der Waals surface area contributed by atoms with E-state index < -0.39 is 0 Å². The number of benzene rings is 1. The van der Waals surface area contributed by atoms with Crippen molar-refractivity contribution < 1.29 is 14.3 Å². The molecule has 1 amide bonds. The lowest BCUT2D eigenvalue weighted by atomic mass is 10.1. The summed E-state index contributed by atoms with van der Waals surface area (Å²) >= 11 is 2.18. The number of nitrogens with zero attached hydrogens (tertiary/aromatic N) is 1. The van der Waals surface area contributed by atoms with E-state index >= 15 is 0 Å². The molecule has 128 valence electrons. The molecule has 0 saturated carbocycles. The third kappa shape index (κ3) is 4.50. The summed E-state index contributed by atoms with van der Waals surface area (Å²) in [7, 11) is 1.59. The molecule has 23 heavy (non-hydrogen) atoms. The molecule has 1 fully saturated rings. The molecule has 0 bridgehead atoms. The van der Waals surface area contributed by atoms with E-state index in [2.05, 4.69) is 39.7 Å². The summed E-state index contributed by atoms with van der Waals surface area (Å²) in [6.45, 7) is 7.38. The van der Waals surface area contributed by atoms with Gasteiger partial charge in [0.1, 0.15) is 0 Å². The highest BCUT2D eigenvalue weighted by Crippen LogP contribution is 2.33. The van der Waals surface area contributed by atoms with Gasteiger partial charge >= 0.3 is 0 Å². The second-order valence-electron chi connectivity index (χ2n) is 5.55. The lowest BCUT2D eigenvalue weighted by molar-refractivity contribution is 0.0936. The quantitative estimate of drug-likeness (QED) is 0.674. The average Bonchev–Trinajstić information content (AvgIpc) is 3.01. The molecule has 1 unspecified atom stereocenters. The van der Waals surface area contributed by atoms with E-state index in [1.165, 1.54) is 6.42 Å². The van der Waals surface area contributed by atoms with Crippen molar-refractivity contribution in [3.63, 3.8) is 0 Å². The first-order valence-electron chi connectivity index (χ1n) is 8.13. The van der Waals surface area contributed by atoms with Crippen molar-refractivity contribution in [2.45, 2.75) is 32.7 Å². The van der Waals surface area contributed by atoms with E-state index in [0.29, 0.717) is 36.3 Å². The summed E-state index contributed by atoms with van der Waals surface area (Å²) in [6.07, 6.45) is 2.34. The van der Waals surface area contributed by atoms with E-state index in [0.717, 1.165) is 23.1 Å². The zero-order valence-electron chi connectivity index (χ0n) is 14.0. The SMILES string of the molecule is CCOc1c(OC)cc(I)cc1C(=O)NCC1CCCN1CC. The third-order valence-electron chi connectivity index (χ3n) is 4.18. The molecule has 1 N–H and O–H groups in total. The number of likely N-dealkylation sites (tertiary alicyclic amines) is 1. The van der Waals surface area contributed by atoms with Crippen LogP contribution in [-0.2, 0) is 0 Å². The smallest absolute Gasteiger partial charge is 0.255 e. The average molecular weight is 432 g/mol. The number of hydrogen-bond acceptors (Lipinski definition) is 4. The van der Waals surface area contributed by atoms with Crippen LogP contribution in [0.4, 0.5) is 0 Å². The highest BCUT2D eigenvalue weighted by atomic mass is 127. The van der Waals surface area contributed by atoms with Crippen molar-refractivity contribution in [1.82, 2.24) is 10.2 Å². The first-order chi connectivity index (χ1) is 11.1. The number of carbonyl (C=O) groups excluding carboxylic acids is 1. The molecule has 0 radical (unpaired) electrons. The lowest BCUT2D eigenvalue weighted by Gasteiger charge is -2.23. The van der Waals surface area contributed by atoms with Gasteiger partial charge in [0.15, 0.2) is 11.5 Å². The van der Waals surface area contributed by atoms with E-state index in [-0.39, 0.29) is 5.91 Å². The number of methoxy groups -OCH3 is 1. The molecule has 1 aliphatic heterocycles. The normalized spacial score (nSPS) is 18.0. The molecule has 6 heteroatoms. The first kappa shape index (κ1) is 18.3. The van der Waals surface area contributed by atoms with Crippen LogP contribution in [-0.4, -0.2) is 50.2 Å². The predicted molar refractivity (Wildman–Crippen MR) is 99.5 cm³/mol. The van der Waals surface area contributed by atoms with Crippen molar-refractivity contribution in [3.05, 3.63) is 21.3 Å². The Kier molecular flexibility index (Phi) is 6.95. The molecule has 5 nitrogen and oxygen atoms in total. The Labute approximate surface area is 151 Å². The van der Waals surface area contributed by atoms with E-state index in [9.17, 15) is 4.79 Å². The summed E-state index contributed by atoms with van der Waals surface area (Å²) in [5, 5.41) is 3.06. The Bertz CT molecular complexity index is 551. The van der Waals surface area contributed by atoms with Crippen LogP contribution >= 0.6 is 22.6 Å². The van der Waals surface area contributed by atoms with Gasteiger partial charge in [-0.3, -0.25) is 9.69 Å². The van der Waals surface area contributed by atoms with Gasteiger partial charge in [0.25, 0.3) is 5.91 Å². The predicted octanol–water partition coefficient (Wildman–Crippen LogP) is 2.91. The molecular formula is C17H25IN2O3. The Balaban J connectivity index is 2.13. The number of ether oxygens (including phenoxy) is 2. The summed E-state index contributed by atoms with van der Waals surface area (Å²) in [6, 6.07) is 4.15. The van der Waals surface area contributed by atoms with Crippen LogP contribution in [0, 0.1) is 3.57 Å². The second-order valence-corrected chi connectivity index (χ2v) is 6.80. The summed E-state index contributed by atoms with van der Waals surface area (Å²) < 4.78 is 12.0. The van der Waals surface area contributed by atoms with Gasteiger partial charge in [-0.1, -0.05) is 6.92 Å². The number of rotatable bonds is 7. The fourth-order valence-electron chi connectivity index (χ4n) is 3.03. The second kappa shape index (κ2) is 8.73. The minimum Gasteiger partial charge on any atom is -0.493 e. The van der Waals surface area contributed by atoms with E-state index in [1.807, 2.05) is 19.1 Å². The van der Waals surface area contributed by atoms with Crippen LogP contribution in [0.5, 0.6) is 11.5 Å². The van der Waals surface area contributed by atoms with Gasteiger partial charge in [-0.15, -0.1) is 0 Å². The zero-order valence-corrected chi connectivity index (χ0v) is 16.2. The minimum absolute atomic E-state index is 0.104. The number of hydrogen-bond donors (Lipinski definition) is 1. The molecule has 2 rings (SSSR count). The van der Waals surface area contributed by atoms with Crippen LogP contribution < -0.4 is 14.8 Å².